The second kappa shape index (κ2) is 17.5. The molecule has 6 heterocycles. The number of nitrogens with two attached hydrogens (primary N) is 1. The molecule has 0 aromatic heterocycles. The number of hydrogen-bond donors (Lipinski definition) is 8. The zero-order valence-corrected chi connectivity index (χ0v) is 35.4. The average molecular weight is 910 g/mol. The SMILES string of the molecule is C[C@@]12CC(=O)N[C@@]13C[C@@H]1[N-]C(C[C@H]4[N-]C5=C(C(O)=CC[C@H]5[C@@H]4CC(=O)O)C4[N-]/C(=C\C([N-]3)[C@H]2CCC(=O)O)[C@@H](CC(=O)O)[C@@H]4CCC(=O)O)[C@@](C)(CC(N)=O)[C@@H]1CCC(=O)O.[Ni]. The average Bonchev–Trinajstić information content (AvgIpc) is 3.83. The Morgan fingerprint density at radius 2 is 1.47 bits per heavy atom. The number of carboxylic acid groups (broad SMARTS) is 5. The van der Waals surface area contributed by atoms with Crippen molar-refractivity contribution < 1.29 is 80.7 Å². The van der Waals surface area contributed by atoms with Crippen LogP contribution in [0.25, 0.3) is 21.3 Å². The van der Waals surface area contributed by atoms with E-state index in [0.29, 0.717) is 5.70 Å². The molecule has 3 unspecified atom stereocenters. The number of aliphatic hydroxyl groups excluding tert-OH is 1. The molecule has 0 radical (unpaired) electrons. The number of aliphatic carboxylic acids is 5. The summed E-state index contributed by atoms with van der Waals surface area (Å²) in [6.07, 6.45) is 1.77. The molecule has 0 saturated carbocycles. The summed E-state index contributed by atoms with van der Waals surface area (Å²) in [5.74, 6) is -10.8. The summed E-state index contributed by atoms with van der Waals surface area (Å²) < 4.78 is 0. The smallest absolute Gasteiger partial charge is 0.303 e. The molecule has 6 aliphatic heterocycles. The molecule has 20 heteroatoms. The fourth-order valence-electron chi connectivity index (χ4n) is 12.6. The van der Waals surface area contributed by atoms with Crippen LogP contribution in [0.4, 0.5) is 0 Å². The van der Waals surface area contributed by atoms with E-state index < -0.39 is 124 Å². The second-order valence-electron chi connectivity index (χ2n) is 18.7. The summed E-state index contributed by atoms with van der Waals surface area (Å²) in [5, 5.41) is 85.9. The van der Waals surface area contributed by atoms with Crippen LogP contribution in [0.15, 0.2) is 34.9 Å². The normalized spacial score (nSPS) is 39.8. The molecule has 62 heavy (non-hydrogen) atoms. The van der Waals surface area contributed by atoms with Gasteiger partial charge in [0.1, 0.15) is 5.76 Å². The molecular weight excluding hydrogens is 855 g/mol. The van der Waals surface area contributed by atoms with Crippen LogP contribution in [0, 0.1) is 46.3 Å². The Balaban J connectivity index is 0.00000641. The number of fused-ring (bicyclic) bond motifs is 7. The van der Waals surface area contributed by atoms with E-state index in [0.717, 1.165) is 0 Å². The standard InChI is InChI=1S/C42H54N6O13.Ni/c1-40(16-30(43)50)22(5-9-33(54)55)27-15-42-41(2,17-31(51)48-42)23(6-10-34(56)57)26(47-42)13-24-20(11-35(58)59)19(4-8-32(52)53)39(45-24)37-28(49)7-3-18-21(12-36(60)61)25(46-38(18)37)14-29(40)44-27;/h7,13,18-23,25-27,29,39,49H,3-6,8-12,14-17H2,1-2H3,(H2,43,50)(H,48,51)(H,52,53)(H,54,55)(H,56,57)(H,58,59)(H,60,61);/q-4;/b24-13-;/t18-,19-,20-,21-,22+,23+,25+,26?,27-,29?,39?,40-,41-,42-;/m0./s1. The van der Waals surface area contributed by atoms with Crippen LogP contribution in [-0.4, -0.2) is 108 Å². The van der Waals surface area contributed by atoms with Crippen molar-refractivity contribution in [3.8, 4) is 0 Å². The first kappa shape index (κ1) is 46.8. The number of carboxylic acids is 5. The van der Waals surface area contributed by atoms with Gasteiger partial charge < -0.3 is 63.0 Å². The topological polar surface area (TPSA) is 335 Å². The van der Waals surface area contributed by atoms with Crippen molar-refractivity contribution in [2.75, 3.05) is 0 Å². The number of primary amides is 1. The summed E-state index contributed by atoms with van der Waals surface area (Å²) in [5.41, 5.74) is 3.31. The Kier molecular flexibility index (Phi) is 13.2. The van der Waals surface area contributed by atoms with E-state index in [4.69, 9.17) is 27.0 Å². The first-order chi connectivity index (χ1) is 28.7. The summed E-state index contributed by atoms with van der Waals surface area (Å²) in [6.45, 7) is 3.67. The molecule has 7 rings (SSSR count). The number of amides is 2. The van der Waals surface area contributed by atoms with E-state index in [2.05, 4.69) is 5.32 Å². The molecule has 1 spiro atoms. The van der Waals surface area contributed by atoms with Gasteiger partial charge in [-0.3, -0.25) is 33.6 Å². The van der Waals surface area contributed by atoms with Gasteiger partial charge in [-0.25, -0.2) is 0 Å². The van der Waals surface area contributed by atoms with Crippen molar-refractivity contribution in [2.24, 2.45) is 52.1 Å². The maximum Gasteiger partial charge on any atom is 0.303 e. The maximum atomic E-state index is 13.6. The molecule has 0 aromatic carbocycles. The molecular formula is C42H54N6NiO13-4. The van der Waals surface area contributed by atoms with Crippen molar-refractivity contribution in [3.05, 3.63) is 56.1 Å². The minimum atomic E-state index is -1.40. The minimum Gasteiger partial charge on any atom is -0.684 e. The Labute approximate surface area is 368 Å². The fourth-order valence-corrected chi connectivity index (χ4v) is 12.6. The Morgan fingerprint density at radius 1 is 0.839 bits per heavy atom. The molecule has 5 saturated heterocycles. The second-order valence-corrected chi connectivity index (χ2v) is 18.7. The Morgan fingerprint density at radius 3 is 2.08 bits per heavy atom. The number of nitrogens with zero attached hydrogens (tertiary/aromatic N) is 4. The summed E-state index contributed by atoms with van der Waals surface area (Å²) >= 11 is 0. The largest absolute Gasteiger partial charge is 0.684 e. The molecule has 7 aliphatic rings. The maximum absolute atomic E-state index is 13.6. The number of rotatable bonds is 15. The molecule has 5 fully saturated rings. The van der Waals surface area contributed by atoms with Crippen LogP contribution in [0.1, 0.15) is 97.3 Å². The molecule has 344 valence electrons. The third kappa shape index (κ3) is 8.41. The van der Waals surface area contributed by atoms with Gasteiger partial charge in [0.05, 0.1) is 6.42 Å². The van der Waals surface area contributed by atoms with E-state index in [1.807, 2.05) is 13.8 Å². The van der Waals surface area contributed by atoms with Gasteiger partial charge in [-0.1, -0.05) is 38.6 Å². The van der Waals surface area contributed by atoms with Gasteiger partial charge in [-0.15, -0.1) is 30.2 Å². The molecule has 1 aliphatic carbocycles. The quantitative estimate of drug-likeness (QED) is 0.105. The Hall–Kier alpha value is -4.68. The van der Waals surface area contributed by atoms with Crippen LogP contribution in [0.3, 0.4) is 0 Å². The van der Waals surface area contributed by atoms with Crippen LogP contribution in [-0.2, 0) is 50.1 Å². The summed E-state index contributed by atoms with van der Waals surface area (Å²) in [6, 6.07) is -4.04. The van der Waals surface area contributed by atoms with Crippen molar-refractivity contribution >= 4 is 41.7 Å². The number of carbonyl (C=O) groups excluding carboxylic acids is 2. The first-order valence-electron chi connectivity index (χ1n) is 21.0. The van der Waals surface area contributed by atoms with Gasteiger partial charge in [0, 0.05) is 55.0 Å². The zero-order chi connectivity index (χ0) is 44.3. The number of hydrogen-bond acceptors (Lipinski definition) is 8. The predicted octanol–water partition coefficient (Wildman–Crippen LogP) is 4.50. The monoisotopic (exact) mass is 908 g/mol. The van der Waals surface area contributed by atoms with E-state index in [9.17, 15) is 64.2 Å². The van der Waals surface area contributed by atoms with Crippen molar-refractivity contribution in [1.82, 2.24) is 5.32 Å². The van der Waals surface area contributed by atoms with Crippen LogP contribution in [0.2, 0.25) is 0 Å². The zero-order valence-electron chi connectivity index (χ0n) is 34.4. The predicted molar refractivity (Wildman–Crippen MR) is 214 cm³/mol. The molecule has 14 atom stereocenters. The molecule has 2 amide bonds. The first-order valence-corrected chi connectivity index (χ1v) is 21.0. The molecule has 19 nitrogen and oxygen atoms in total. The van der Waals surface area contributed by atoms with Crippen molar-refractivity contribution in [3.63, 3.8) is 0 Å². The van der Waals surface area contributed by atoms with E-state index in [1.165, 1.54) is 0 Å². The van der Waals surface area contributed by atoms with Gasteiger partial charge in [-0.05, 0) is 83.4 Å². The van der Waals surface area contributed by atoms with Gasteiger partial charge >= 0.3 is 29.8 Å². The van der Waals surface area contributed by atoms with E-state index in [1.54, 1.807) is 12.2 Å². The number of nitrogens with one attached hydrogen (secondary N) is 1. The van der Waals surface area contributed by atoms with Crippen molar-refractivity contribution in [1.29, 1.82) is 0 Å². The summed E-state index contributed by atoms with van der Waals surface area (Å²) in [7, 11) is 0. The number of allylic oxidation sites excluding steroid dienone is 3. The fraction of sp³-hybridized carbons (Fsp3) is 0.690. The number of carbonyl (C=O) groups is 7. The van der Waals surface area contributed by atoms with Gasteiger partial charge in [-0.2, -0.15) is 11.4 Å². The summed E-state index contributed by atoms with van der Waals surface area (Å²) in [4.78, 5) is 88.0. The Bertz CT molecular complexity index is 1990. The third-order valence-electron chi connectivity index (χ3n) is 15.2. The van der Waals surface area contributed by atoms with Crippen LogP contribution >= 0.6 is 0 Å². The third-order valence-corrected chi connectivity index (χ3v) is 15.2. The van der Waals surface area contributed by atoms with Crippen LogP contribution < -0.4 is 11.1 Å². The number of aliphatic hydroxyl groups is 1. The van der Waals surface area contributed by atoms with Gasteiger partial charge in [0.2, 0.25) is 11.8 Å². The molecule has 8 bridgehead atoms. The minimum absolute atomic E-state index is 0. The van der Waals surface area contributed by atoms with Crippen LogP contribution in [0.5, 0.6) is 0 Å². The van der Waals surface area contributed by atoms with Gasteiger partial charge in [0.25, 0.3) is 0 Å². The van der Waals surface area contributed by atoms with Crippen molar-refractivity contribution in [2.45, 2.75) is 133 Å². The van der Waals surface area contributed by atoms with Gasteiger partial charge in [0.15, 0.2) is 0 Å². The van der Waals surface area contributed by atoms with E-state index >= 15 is 0 Å². The molecule has 9 N–H and O–H groups in total. The molecule has 0 aromatic rings. The van der Waals surface area contributed by atoms with E-state index in [-0.39, 0.29) is 116 Å².